The molecule has 3 N–H and O–H groups in total. The van der Waals surface area contributed by atoms with E-state index in [2.05, 4.69) is 10.6 Å². The molecule has 0 saturated carbocycles. The van der Waals surface area contributed by atoms with Gasteiger partial charge in [0.2, 0.25) is 11.8 Å². The number of hydrogen-bond donors (Lipinski definition) is 3. The fraction of sp³-hybridized carbons (Fsp3) is 0.679. The van der Waals surface area contributed by atoms with Crippen LogP contribution in [0.2, 0.25) is 5.02 Å². The number of carbonyl (C=O) groups excluding carboxylic acids is 3. The van der Waals surface area contributed by atoms with E-state index in [1.165, 1.54) is 0 Å². The average molecular weight is 552 g/mol. The molecule has 5 atom stereocenters. The van der Waals surface area contributed by atoms with E-state index < -0.39 is 35.9 Å². The number of esters is 1. The number of nitrogens with zero attached hydrogens (tertiary/aromatic N) is 1. The molecule has 9 nitrogen and oxygen atoms in total. The van der Waals surface area contributed by atoms with Gasteiger partial charge in [-0.25, -0.2) is 0 Å². The van der Waals surface area contributed by atoms with Gasteiger partial charge in [-0.1, -0.05) is 57.5 Å². The summed E-state index contributed by atoms with van der Waals surface area (Å²) in [6.07, 6.45) is 0.896. The second-order valence-electron chi connectivity index (χ2n) is 11.1. The maximum absolute atomic E-state index is 13.9. The Hall–Kier alpha value is -2.20. The minimum absolute atomic E-state index is 0.0964. The van der Waals surface area contributed by atoms with E-state index in [4.69, 9.17) is 21.1 Å². The summed E-state index contributed by atoms with van der Waals surface area (Å²) < 4.78 is 10.8. The van der Waals surface area contributed by atoms with Crippen molar-refractivity contribution < 1.29 is 29.0 Å². The minimum Gasteiger partial charge on any atom is -0.460 e. The zero-order valence-electron chi connectivity index (χ0n) is 23.1. The molecule has 0 aliphatic carbocycles. The first-order chi connectivity index (χ1) is 18.0. The predicted molar refractivity (Wildman–Crippen MR) is 144 cm³/mol. The normalized spacial score (nSPS) is 23.3. The second kappa shape index (κ2) is 13.2. The fourth-order valence-corrected chi connectivity index (χ4v) is 5.49. The Morgan fingerprint density at radius 2 is 2.03 bits per heavy atom. The lowest BCUT2D eigenvalue weighted by molar-refractivity contribution is -0.143. The van der Waals surface area contributed by atoms with Crippen LogP contribution < -0.4 is 10.6 Å². The molecule has 0 aromatic heterocycles. The molecule has 0 radical (unpaired) electrons. The lowest BCUT2D eigenvalue weighted by Gasteiger charge is -2.37. The highest BCUT2D eigenvalue weighted by atomic mass is 35.5. The van der Waals surface area contributed by atoms with Crippen LogP contribution in [0.5, 0.6) is 0 Å². The molecule has 0 bridgehead atoms. The molecule has 0 spiro atoms. The molecule has 1 unspecified atom stereocenters. The van der Waals surface area contributed by atoms with E-state index in [9.17, 15) is 19.5 Å². The largest absolute Gasteiger partial charge is 0.460 e. The topological polar surface area (TPSA) is 117 Å². The third-order valence-corrected chi connectivity index (χ3v) is 7.72. The summed E-state index contributed by atoms with van der Waals surface area (Å²) in [4.78, 5) is 40.7. The maximum atomic E-state index is 13.9. The first-order valence-corrected chi connectivity index (χ1v) is 13.9. The summed E-state index contributed by atoms with van der Waals surface area (Å²) in [5.74, 6) is -0.913. The number of amides is 2. The first kappa shape index (κ1) is 30.3. The number of aliphatic hydroxyl groups is 1. The third-order valence-electron chi connectivity index (χ3n) is 7.26. The number of rotatable bonds is 11. The van der Waals surface area contributed by atoms with Crippen LogP contribution in [0.25, 0.3) is 0 Å². The molecule has 2 aliphatic rings. The summed E-state index contributed by atoms with van der Waals surface area (Å²) in [5, 5.41) is 17.6. The van der Waals surface area contributed by atoms with Crippen LogP contribution in [-0.4, -0.2) is 71.8 Å². The van der Waals surface area contributed by atoms with Crippen LogP contribution >= 0.6 is 11.6 Å². The van der Waals surface area contributed by atoms with Crippen molar-refractivity contribution in [2.24, 2.45) is 5.41 Å². The Kier molecular flexibility index (Phi) is 10.6. The molecule has 2 saturated heterocycles. The zero-order chi connectivity index (χ0) is 28.0. The lowest BCUT2D eigenvalue weighted by Crippen LogP contribution is -2.58. The number of cyclic esters (lactones) is 1. The molecule has 212 valence electrons. The molecule has 3 rings (SSSR count). The van der Waals surface area contributed by atoms with Gasteiger partial charge < -0.3 is 24.8 Å². The van der Waals surface area contributed by atoms with Gasteiger partial charge in [0.1, 0.15) is 18.4 Å². The van der Waals surface area contributed by atoms with Crippen LogP contribution in [0.15, 0.2) is 18.2 Å². The smallest absolute Gasteiger partial charge is 0.308 e. The molecule has 2 aliphatic heterocycles. The van der Waals surface area contributed by atoms with Crippen LogP contribution in [0.1, 0.15) is 77.7 Å². The molecule has 10 heteroatoms. The Balaban J connectivity index is 1.73. The van der Waals surface area contributed by atoms with Gasteiger partial charge in [0, 0.05) is 25.1 Å². The van der Waals surface area contributed by atoms with Gasteiger partial charge in [-0.05, 0) is 37.2 Å². The Morgan fingerprint density at radius 1 is 1.29 bits per heavy atom. The molecule has 2 heterocycles. The first-order valence-electron chi connectivity index (χ1n) is 13.6. The number of benzene rings is 1. The highest BCUT2D eigenvalue weighted by Crippen LogP contribution is 2.31. The fourth-order valence-electron chi connectivity index (χ4n) is 5.13. The van der Waals surface area contributed by atoms with Gasteiger partial charge in [0.15, 0.2) is 0 Å². The van der Waals surface area contributed by atoms with E-state index in [-0.39, 0.29) is 24.2 Å². The third kappa shape index (κ3) is 7.25. The molecule has 1 aromatic carbocycles. The van der Waals surface area contributed by atoms with Crippen molar-refractivity contribution in [3.05, 3.63) is 34.3 Å². The summed E-state index contributed by atoms with van der Waals surface area (Å²) in [5.41, 5.74) is 0.855. The summed E-state index contributed by atoms with van der Waals surface area (Å²) >= 11 is 6.53. The number of halogens is 1. The number of carbonyl (C=O) groups is 3. The van der Waals surface area contributed by atoms with Gasteiger partial charge in [0.25, 0.3) is 0 Å². The Labute approximate surface area is 230 Å². The van der Waals surface area contributed by atoms with Crippen molar-refractivity contribution in [3.63, 3.8) is 0 Å². The maximum Gasteiger partial charge on any atom is 0.308 e. The number of hydrogen-bond acceptors (Lipinski definition) is 7. The summed E-state index contributed by atoms with van der Waals surface area (Å²) in [6.45, 7) is 11.0. The predicted octanol–water partition coefficient (Wildman–Crippen LogP) is 3.12. The second-order valence-corrected chi connectivity index (χ2v) is 11.4. The van der Waals surface area contributed by atoms with E-state index in [0.717, 1.165) is 12.0 Å². The number of ether oxygens (including phenoxy) is 2. The number of nitrogens with one attached hydrogen (secondary N) is 2. The van der Waals surface area contributed by atoms with Gasteiger partial charge in [-0.3, -0.25) is 19.7 Å². The molecule has 1 aromatic rings. The molecule has 2 fully saturated rings. The van der Waals surface area contributed by atoms with Crippen LogP contribution in [-0.2, 0) is 30.3 Å². The number of aliphatic hydroxyl groups excluding tert-OH is 1. The van der Waals surface area contributed by atoms with E-state index in [1.807, 2.05) is 46.8 Å². The monoisotopic (exact) mass is 551 g/mol. The molecular formula is C28H42ClN3O6. The van der Waals surface area contributed by atoms with Crippen molar-refractivity contribution in [2.75, 3.05) is 19.8 Å². The van der Waals surface area contributed by atoms with Crippen LogP contribution in [0, 0.1) is 5.41 Å². The number of aryl methyl sites for hydroxylation is 1. The van der Waals surface area contributed by atoms with Gasteiger partial charge in [0.05, 0.1) is 30.1 Å². The standard InChI is InChI=1S/C28H42ClN3O6/c1-6-17-10-8-11-18(23(17)29)25(34)31-24(28(3,4)5)27(36)32-14-9-12-20(32)26(35)30-19-16-22(33)38-21(19)13-15-37-7-2/h8,10-11,19-21,24-25,31,34H,6-7,9,12-16H2,1-5H3,(H,30,35)/t19-,20-,21-,24+,25?/m0/s1. The number of likely N-dealkylation sites (tertiary alicyclic amines) is 1. The SMILES string of the molecule is CCOCC[C@@H]1OC(=O)C[C@@H]1NC(=O)[C@@H]1CCCN1C(=O)[C@@H](NC(O)c1cccc(CC)c1Cl)C(C)(C)C. The van der Waals surface area contributed by atoms with E-state index in [0.29, 0.717) is 49.6 Å². The van der Waals surface area contributed by atoms with Gasteiger partial charge in [-0.15, -0.1) is 0 Å². The van der Waals surface area contributed by atoms with E-state index in [1.54, 1.807) is 11.0 Å². The van der Waals surface area contributed by atoms with E-state index >= 15 is 0 Å². The minimum atomic E-state index is -1.16. The molecular weight excluding hydrogens is 510 g/mol. The lowest BCUT2D eigenvalue weighted by atomic mass is 9.85. The highest BCUT2D eigenvalue weighted by molar-refractivity contribution is 6.32. The molecule has 2 amide bonds. The van der Waals surface area contributed by atoms with Gasteiger partial charge in [-0.2, -0.15) is 0 Å². The Morgan fingerprint density at radius 3 is 2.68 bits per heavy atom. The highest BCUT2D eigenvalue weighted by Gasteiger charge is 2.44. The van der Waals surface area contributed by atoms with Gasteiger partial charge >= 0.3 is 5.97 Å². The summed E-state index contributed by atoms with van der Waals surface area (Å²) in [7, 11) is 0. The van der Waals surface area contributed by atoms with Crippen molar-refractivity contribution >= 4 is 29.4 Å². The molecule has 38 heavy (non-hydrogen) atoms. The van der Waals surface area contributed by atoms with Crippen molar-refractivity contribution in [2.45, 2.75) is 97.2 Å². The van der Waals surface area contributed by atoms with Crippen molar-refractivity contribution in [1.29, 1.82) is 0 Å². The average Bonchev–Trinajstić information content (AvgIpc) is 3.48. The van der Waals surface area contributed by atoms with Crippen molar-refractivity contribution in [3.8, 4) is 0 Å². The van der Waals surface area contributed by atoms with Crippen LogP contribution in [0.4, 0.5) is 0 Å². The Bertz CT molecular complexity index is 997. The quantitative estimate of drug-likeness (QED) is 0.220. The summed E-state index contributed by atoms with van der Waals surface area (Å²) in [6, 6.07) is 3.58. The van der Waals surface area contributed by atoms with Crippen LogP contribution in [0.3, 0.4) is 0 Å². The van der Waals surface area contributed by atoms with Crippen molar-refractivity contribution in [1.82, 2.24) is 15.5 Å². The zero-order valence-corrected chi connectivity index (χ0v) is 23.8.